The summed E-state index contributed by atoms with van der Waals surface area (Å²) < 4.78 is 16.6. The van der Waals surface area contributed by atoms with E-state index in [9.17, 15) is 4.79 Å². The van der Waals surface area contributed by atoms with Crippen LogP contribution in [-0.4, -0.2) is 12.8 Å². The van der Waals surface area contributed by atoms with E-state index in [-0.39, 0.29) is 18.9 Å². The van der Waals surface area contributed by atoms with Gasteiger partial charge in [0.1, 0.15) is 6.10 Å². The summed E-state index contributed by atoms with van der Waals surface area (Å²) in [5, 5.41) is 0. The van der Waals surface area contributed by atoms with E-state index in [1.165, 1.54) is 5.56 Å². The Kier molecular flexibility index (Phi) is 1.72. The maximum absolute atomic E-state index is 12.0. The van der Waals surface area contributed by atoms with Gasteiger partial charge in [-0.3, -0.25) is 0 Å². The fourth-order valence-electron chi connectivity index (χ4n) is 3.36. The summed E-state index contributed by atoms with van der Waals surface area (Å²) in [5.74, 6) is 1.10. The largest absolute Gasteiger partial charge is 0.454 e. The van der Waals surface area contributed by atoms with Crippen LogP contribution in [-0.2, 0) is 11.2 Å². The molecule has 2 aromatic carbocycles. The molecule has 5 rings (SSSR count). The number of benzene rings is 2. The van der Waals surface area contributed by atoms with Crippen molar-refractivity contribution < 1.29 is 19.0 Å². The summed E-state index contributed by atoms with van der Waals surface area (Å²) >= 11 is 0. The lowest BCUT2D eigenvalue weighted by molar-refractivity contribution is 0.0384. The lowest BCUT2D eigenvalue weighted by atomic mass is 9.82. The van der Waals surface area contributed by atoms with Crippen molar-refractivity contribution in [3.63, 3.8) is 0 Å². The maximum atomic E-state index is 12.0. The van der Waals surface area contributed by atoms with Gasteiger partial charge in [-0.05, 0) is 17.2 Å². The molecule has 0 radical (unpaired) electrons. The van der Waals surface area contributed by atoms with Crippen LogP contribution >= 0.6 is 0 Å². The number of rotatable bonds is 0. The van der Waals surface area contributed by atoms with Crippen molar-refractivity contribution in [2.75, 3.05) is 6.79 Å². The molecule has 4 nitrogen and oxygen atoms in total. The lowest BCUT2D eigenvalue weighted by Crippen LogP contribution is -2.10. The van der Waals surface area contributed by atoms with Crippen LogP contribution in [0.2, 0.25) is 0 Å². The number of ether oxygens (including phenoxy) is 3. The molecule has 1 aliphatic carbocycles. The third kappa shape index (κ3) is 1.10. The van der Waals surface area contributed by atoms with Gasteiger partial charge in [-0.25, -0.2) is 4.79 Å². The SMILES string of the molecule is O=C1O[C@H]2Cc3ccccc3-c3c4c(cc1c32)OCO4. The van der Waals surface area contributed by atoms with Crippen LogP contribution in [0.15, 0.2) is 30.3 Å². The van der Waals surface area contributed by atoms with Crippen molar-refractivity contribution in [2.45, 2.75) is 12.5 Å². The quantitative estimate of drug-likeness (QED) is 0.688. The third-order valence-corrected chi connectivity index (χ3v) is 4.19. The summed E-state index contributed by atoms with van der Waals surface area (Å²) in [7, 11) is 0. The van der Waals surface area contributed by atoms with Gasteiger partial charge in [0.15, 0.2) is 11.5 Å². The Labute approximate surface area is 114 Å². The van der Waals surface area contributed by atoms with Crippen LogP contribution < -0.4 is 9.47 Å². The molecule has 4 heteroatoms. The van der Waals surface area contributed by atoms with E-state index in [4.69, 9.17) is 14.2 Å². The minimum Gasteiger partial charge on any atom is -0.454 e. The molecule has 98 valence electrons. The summed E-state index contributed by atoms with van der Waals surface area (Å²) in [4.78, 5) is 12.0. The van der Waals surface area contributed by atoms with E-state index in [0.29, 0.717) is 11.3 Å². The minimum absolute atomic E-state index is 0.197. The number of carbonyl (C=O) groups is 1. The molecule has 0 amide bonds. The molecule has 0 saturated heterocycles. The molecule has 0 saturated carbocycles. The molecule has 3 aliphatic rings. The predicted molar refractivity (Wildman–Crippen MR) is 69.9 cm³/mol. The van der Waals surface area contributed by atoms with E-state index in [0.717, 1.165) is 28.9 Å². The van der Waals surface area contributed by atoms with Crippen LogP contribution in [0.5, 0.6) is 11.5 Å². The first kappa shape index (κ1) is 10.3. The molecule has 2 aliphatic heterocycles. The van der Waals surface area contributed by atoms with E-state index in [2.05, 4.69) is 12.1 Å². The predicted octanol–water partition coefficient (Wildman–Crippen LogP) is 2.85. The Morgan fingerprint density at radius 2 is 2.00 bits per heavy atom. The fraction of sp³-hybridized carbons (Fsp3) is 0.188. The Morgan fingerprint density at radius 3 is 2.95 bits per heavy atom. The first-order chi connectivity index (χ1) is 9.83. The molecule has 0 aromatic heterocycles. The minimum atomic E-state index is -0.266. The Balaban J connectivity index is 1.93. The molecule has 2 heterocycles. The van der Waals surface area contributed by atoms with E-state index < -0.39 is 0 Å². The summed E-state index contributed by atoms with van der Waals surface area (Å²) in [6.07, 6.45) is 0.526. The van der Waals surface area contributed by atoms with Gasteiger partial charge in [-0.15, -0.1) is 0 Å². The lowest BCUT2D eigenvalue weighted by Gasteiger charge is -2.24. The average molecular weight is 266 g/mol. The Hall–Kier alpha value is -2.49. The molecular weight excluding hydrogens is 256 g/mol. The van der Waals surface area contributed by atoms with Crippen molar-refractivity contribution in [2.24, 2.45) is 0 Å². The topological polar surface area (TPSA) is 44.8 Å². The molecule has 0 spiro atoms. The molecule has 0 fully saturated rings. The molecule has 0 N–H and O–H groups in total. The highest BCUT2D eigenvalue weighted by Gasteiger charge is 2.41. The first-order valence-electron chi connectivity index (χ1n) is 6.58. The van der Waals surface area contributed by atoms with Crippen LogP contribution in [0.4, 0.5) is 0 Å². The van der Waals surface area contributed by atoms with Crippen molar-refractivity contribution in [3.05, 3.63) is 47.0 Å². The smallest absolute Gasteiger partial charge is 0.339 e. The summed E-state index contributed by atoms with van der Waals surface area (Å²) in [6.45, 7) is 0.201. The van der Waals surface area contributed by atoms with Crippen LogP contribution in [0.1, 0.15) is 27.6 Å². The zero-order valence-electron chi connectivity index (χ0n) is 10.5. The van der Waals surface area contributed by atoms with Crippen molar-refractivity contribution in [1.82, 2.24) is 0 Å². The Bertz CT molecular complexity index is 778. The normalized spacial score (nSPS) is 20.4. The highest BCUT2D eigenvalue weighted by Crippen LogP contribution is 2.54. The second-order valence-corrected chi connectivity index (χ2v) is 5.20. The fourth-order valence-corrected chi connectivity index (χ4v) is 3.36. The Morgan fingerprint density at radius 1 is 1.10 bits per heavy atom. The third-order valence-electron chi connectivity index (χ3n) is 4.19. The van der Waals surface area contributed by atoms with Gasteiger partial charge < -0.3 is 14.2 Å². The summed E-state index contributed by atoms with van der Waals surface area (Å²) in [6, 6.07) is 9.88. The zero-order chi connectivity index (χ0) is 13.3. The maximum Gasteiger partial charge on any atom is 0.339 e. The van der Waals surface area contributed by atoms with Gasteiger partial charge in [0.2, 0.25) is 6.79 Å². The highest BCUT2D eigenvalue weighted by atomic mass is 16.7. The number of esters is 1. The van der Waals surface area contributed by atoms with Crippen LogP contribution in [0.25, 0.3) is 11.1 Å². The van der Waals surface area contributed by atoms with Crippen molar-refractivity contribution in [1.29, 1.82) is 0 Å². The standard InChI is InChI=1S/C16H10O4/c17-16-10-6-12-15(19-7-18-12)14-9-4-2-1-3-8(9)5-11(20-16)13(10)14/h1-4,6,11H,5,7H2/t11-/m0/s1. The monoisotopic (exact) mass is 266 g/mol. The molecule has 20 heavy (non-hydrogen) atoms. The number of carbonyl (C=O) groups excluding carboxylic acids is 1. The first-order valence-corrected chi connectivity index (χ1v) is 6.58. The van der Waals surface area contributed by atoms with E-state index >= 15 is 0 Å². The molecular formula is C16H10O4. The van der Waals surface area contributed by atoms with Gasteiger partial charge in [0.25, 0.3) is 0 Å². The summed E-state index contributed by atoms with van der Waals surface area (Å²) in [5.41, 5.74) is 4.82. The van der Waals surface area contributed by atoms with Crippen LogP contribution in [0.3, 0.4) is 0 Å². The van der Waals surface area contributed by atoms with Crippen molar-refractivity contribution in [3.8, 4) is 22.6 Å². The number of hydrogen-bond donors (Lipinski definition) is 0. The van der Waals surface area contributed by atoms with Crippen LogP contribution in [0, 0.1) is 0 Å². The van der Waals surface area contributed by atoms with E-state index in [1.807, 2.05) is 12.1 Å². The number of fused-ring (bicyclic) bond motifs is 4. The van der Waals surface area contributed by atoms with Gasteiger partial charge in [0.05, 0.1) is 5.56 Å². The highest BCUT2D eigenvalue weighted by molar-refractivity contribution is 6.00. The van der Waals surface area contributed by atoms with Crippen molar-refractivity contribution >= 4 is 5.97 Å². The van der Waals surface area contributed by atoms with E-state index in [1.54, 1.807) is 6.07 Å². The second kappa shape index (κ2) is 3.33. The molecule has 2 aromatic rings. The van der Waals surface area contributed by atoms with Gasteiger partial charge in [-0.2, -0.15) is 0 Å². The van der Waals surface area contributed by atoms with Gasteiger partial charge in [0, 0.05) is 17.5 Å². The number of hydrogen-bond acceptors (Lipinski definition) is 4. The average Bonchev–Trinajstić information content (AvgIpc) is 3.05. The second-order valence-electron chi connectivity index (χ2n) is 5.20. The van der Waals surface area contributed by atoms with Gasteiger partial charge >= 0.3 is 5.97 Å². The zero-order valence-corrected chi connectivity index (χ0v) is 10.5. The molecule has 0 bridgehead atoms. The molecule has 0 unspecified atom stereocenters. The van der Waals surface area contributed by atoms with Gasteiger partial charge in [-0.1, -0.05) is 24.3 Å². The molecule has 1 atom stereocenters.